The van der Waals surface area contributed by atoms with E-state index in [1.54, 1.807) is 14.1 Å². The highest BCUT2D eigenvalue weighted by Crippen LogP contribution is 2.53. The number of phenols is 1. The molecule has 0 radical (unpaired) electrons. The molecule has 1 saturated carbocycles. The van der Waals surface area contributed by atoms with Gasteiger partial charge in [0.15, 0.2) is 11.4 Å². The number of ketones is 2. The summed E-state index contributed by atoms with van der Waals surface area (Å²) >= 11 is 0. The Morgan fingerprint density at radius 1 is 1.16 bits per heavy atom. The van der Waals surface area contributed by atoms with E-state index in [1.807, 2.05) is 24.4 Å². The van der Waals surface area contributed by atoms with E-state index >= 15 is 0 Å². The predicted octanol–water partition coefficient (Wildman–Crippen LogP) is 1.47. The van der Waals surface area contributed by atoms with E-state index in [1.165, 1.54) is 11.0 Å². The number of nitrogens with two attached hydrogens (primary N) is 1. The average Bonchev–Trinajstić information content (AvgIpc) is 3.36. The van der Waals surface area contributed by atoms with Gasteiger partial charge in [0.2, 0.25) is 5.78 Å². The molecule has 0 aliphatic heterocycles. The van der Waals surface area contributed by atoms with Gasteiger partial charge < -0.3 is 31.1 Å². The fraction of sp³-hybridized carbons (Fsp3) is 0.393. The molecule has 0 saturated heterocycles. The van der Waals surface area contributed by atoms with Gasteiger partial charge in [0.05, 0.1) is 11.6 Å². The van der Waals surface area contributed by atoms with Crippen LogP contribution in [0.4, 0.5) is 0 Å². The molecule has 10 nitrogen and oxygen atoms in total. The number of aromatic hydroxyl groups is 1. The zero-order valence-corrected chi connectivity index (χ0v) is 21.2. The van der Waals surface area contributed by atoms with Crippen molar-refractivity contribution in [2.75, 3.05) is 14.1 Å². The first kappa shape index (κ1) is 25.7. The van der Waals surface area contributed by atoms with Crippen LogP contribution in [0.1, 0.15) is 35.2 Å². The van der Waals surface area contributed by atoms with Gasteiger partial charge in [-0.2, -0.15) is 0 Å². The van der Waals surface area contributed by atoms with Crippen molar-refractivity contribution in [3.8, 4) is 5.75 Å². The number of fused-ring (bicyclic) bond motifs is 3. The predicted molar refractivity (Wildman–Crippen MR) is 137 cm³/mol. The first-order chi connectivity index (χ1) is 18.0. The van der Waals surface area contributed by atoms with Gasteiger partial charge in [-0.25, -0.2) is 0 Å². The Morgan fingerprint density at radius 3 is 2.53 bits per heavy atom. The van der Waals surface area contributed by atoms with E-state index in [-0.39, 0.29) is 23.3 Å². The van der Waals surface area contributed by atoms with E-state index in [0.717, 1.165) is 24.1 Å². The number of hydrogen-bond acceptors (Lipinski definition) is 8. The van der Waals surface area contributed by atoms with Crippen LogP contribution in [0.3, 0.4) is 0 Å². The maximum atomic E-state index is 13.9. The number of amides is 1. The molecule has 4 unspecified atom stereocenters. The van der Waals surface area contributed by atoms with Crippen LogP contribution in [-0.2, 0) is 33.6 Å². The van der Waals surface area contributed by atoms with Gasteiger partial charge in [-0.05, 0) is 81.4 Å². The first-order valence-corrected chi connectivity index (χ1v) is 12.6. The summed E-state index contributed by atoms with van der Waals surface area (Å²) in [6.45, 7) is 0. The molecule has 1 fully saturated rings. The number of aliphatic hydroxyl groups is 3. The lowest BCUT2D eigenvalue weighted by molar-refractivity contribution is -0.153. The smallest absolute Gasteiger partial charge is 0.255 e. The summed E-state index contributed by atoms with van der Waals surface area (Å²) in [7, 11) is 3.15. The minimum absolute atomic E-state index is 0.0728. The second-order valence-electron chi connectivity index (χ2n) is 10.6. The highest BCUT2D eigenvalue weighted by molar-refractivity contribution is 6.24. The van der Waals surface area contributed by atoms with Crippen molar-refractivity contribution in [3.63, 3.8) is 0 Å². The van der Waals surface area contributed by atoms with E-state index in [4.69, 9.17) is 5.73 Å². The van der Waals surface area contributed by atoms with Crippen LogP contribution in [0, 0.1) is 11.8 Å². The molecule has 5 rings (SSSR count). The number of carbonyl (C=O) groups is 3. The Morgan fingerprint density at radius 2 is 1.89 bits per heavy atom. The number of carbonyl (C=O) groups excluding carboxylic acids is 3. The van der Waals surface area contributed by atoms with Crippen molar-refractivity contribution in [1.82, 2.24) is 9.88 Å². The second-order valence-corrected chi connectivity index (χ2v) is 10.6. The van der Waals surface area contributed by atoms with Gasteiger partial charge in [0.1, 0.15) is 22.8 Å². The number of H-pyrrole nitrogens is 1. The number of hydrogen-bond donors (Lipinski definition) is 6. The number of Topliss-reactive ketones (excluding diaryl/α,β-unsaturated/α-hetero) is 2. The summed E-state index contributed by atoms with van der Waals surface area (Å²) in [5, 5.41) is 44.5. The molecule has 10 heteroatoms. The zero-order valence-electron chi connectivity index (χ0n) is 21.2. The van der Waals surface area contributed by atoms with Crippen molar-refractivity contribution in [2.24, 2.45) is 17.6 Å². The highest BCUT2D eigenvalue weighted by Gasteiger charge is 2.64. The number of aliphatic hydroxyl groups excluding tert-OH is 2. The summed E-state index contributed by atoms with van der Waals surface area (Å²) in [5.41, 5.74) is 4.61. The fourth-order valence-electron chi connectivity index (χ4n) is 6.53. The molecule has 0 spiro atoms. The molecule has 1 aromatic carbocycles. The third-order valence-electron chi connectivity index (χ3n) is 8.26. The summed E-state index contributed by atoms with van der Waals surface area (Å²) in [6.07, 6.45) is 4.52. The number of likely N-dealkylation sites (N-methyl/N-ethyl adjacent to an activating group) is 1. The standard InChI is InChI=1S/C28H31N3O7/c1-31(2)22-17-12-14-11-16-13(5-3-6-15-7-4-10-30-15)8-9-18(32)20(16)23(33)19(14)25(35)28(17,38)26(36)21(24(22)34)27(29)37/h4,7-10,14,17,22,30,32-33,36,38H,3,5-6,11-12H2,1-2H3,(H2,29,37). The van der Waals surface area contributed by atoms with Crippen molar-refractivity contribution in [2.45, 2.75) is 43.7 Å². The third kappa shape index (κ3) is 3.66. The van der Waals surface area contributed by atoms with Crippen molar-refractivity contribution in [3.05, 3.63) is 69.8 Å². The normalized spacial score (nSPS) is 26.9. The molecule has 200 valence electrons. The van der Waals surface area contributed by atoms with Crippen LogP contribution in [0.5, 0.6) is 5.75 Å². The number of phenolic OH excluding ortho intramolecular Hbond substituents is 1. The molecule has 3 aliphatic carbocycles. The number of benzene rings is 1. The lowest BCUT2D eigenvalue weighted by atomic mass is 9.57. The number of nitrogens with zero attached hydrogens (tertiary/aromatic N) is 1. The number of aryl methyl sites for hydroxylation is 2. The molecule has 1 amide bonds. The Kier molecular flexibility index (Phi) is 6.19. The first-order valence-electron chi connectivity index (χ1n) is 12.6. The lowest BCUT2D eigenvalue weighted by Crippen LogP contribution is -2.65. The summed E-state index contributed by atoms with van der Waals surface area (Å²) in [4.78, 5) is 43.8. The van der Waals surface area contributed by atoms with Gasteiger partial charge in [-0.15, -0.1) is 0 Å². The number of aromatic nitrogens is 1. The van der Waals surface area contributed by atoms with Gasteiger partial charge in [0, 0.05) is 23.4 Å². The Labute approximate surface area is 219 Å². The minimum Gasteiger partial charge on any atom is -0.508 e. The van der Waals surface area contributed by atoms with Crippen LogP contribution >= 0.6 is 0 Å². The topological polar surface area (TPSA) is 177 Å². The number of primary amides is 1. The summed E-state index contributed by atoms with van der Waals surface area (Å²) < 4.78 is 0. The molecule has 1 aromatic heterocycles. The van der Waals surface area contributed by atoms with Gasteiger partial charge in [0.25, 0.3) is 5.91 Å². The molecular weight excluding hydrogens is 490 g/mol. The summed E-state index contributed by atoms with van der Waals surface area (Å²) in [5.74, 6) is -6.46. The zero-order chi connectivity index (χ0) is 27.5. The van der Waals surface area contributed by atoms with Crippen LogP contribution < -0.4 is 5.73 Å². The Hall–Kier alpha value is -3.89. The molecule has 0 bridgehead atoms. The number of aromatic amines is 1. The van der Waals surface area contributed by atoms with Gasteiger partial charge >= 0.3 is 0 Å². The second kappa shape index (κ2) is 9.14. The maximum absolute atomic E-state index is 13.9. The van der Waals surface area contributed by atoms with Crippen LogP contribution in [-0.4, -0.2) is 73.5 Å². The van der Waals surface area contributed by atoms with Crippen LogP contribution in [0.15, 0.2) is 47.4 Å². The largest absolute Gasteiger partial charge is 0.508 e. The van der Waals surface area contributed by atoms with Gasteiger partial charge in [-0.3, -0.25) is 19.3 Å². The molecule has 7 N–H and O–H groups in total. The molecule has 3 aliphatic rings. The number of nitrogens with one attached hydrogen (secondary N) is 1. The highest BCUT2D eigenvalue weighted by atomic mass is 16.3. The maximum Gasteiger partial charge on any atom is 0.255 e. The SMILES string of the molecule is CN(C)C1C(=O)C(C(N)=O)=C(O)C2(O)C(=O)C3=C(O)c4c(O)ccc(CCCc5ccc[nH]5)c4CC3CC12. The monoisotopic (exact) mass is 521 g/mol. The third-order valence-corrected chi connectivity index (χ3v) is 8.26. The van der Waals surface area contributed by atoms with Crippen molar-refractivity contribution >= 4 is 23.2 Å². The van der Waals surface area contributed by atoms with E-state index < -0.39 is 58.0 Å². The van der Waals surface area contributed by atoms with Gasteiger partial charge in [-0.1, -0.05) is 6.07 Å². The van der Waals surface area contributed by atoms with E-state index in [0.29, 0.717) is 18.4 Å². The summed E-state index contributed by atoms with van der Waals surface area (Å²) in [6, 6.07) is 6.11. The fourth-order valence-corrected chi connectivity index (χ4v) is 6.53. The lowest BCUT2D eigenvalue weighted by Gasteiger charge is -2.50. The molecule has 2 aromatic rings. The molecule has 1 heterocycles. The van der Waals surface area contributed by atoms with Crippen LogP contribution in [0.2, 0.25) is 0 Å². The Bertz CT molecular complexity index is 1410. The molecule has 38 heavy (non-hydrogen) atoms. The van der Waals surface area contributed by atoms with E-state index in [2.05, 4.69) is 4.98 Å². The van der Waals surface area contributed by atoms with Crippen molar-refractivity contribution < 1.29 is 34.8 Å². The van der Waals surface area contributed by atoms with Crippen molar-refractivity contribution in [1.29, 1.82) is 0 Å². The van der Waals surface area contributed by atoms with E-state index in [9.17, 15) is 34.8 Å². The molecular formula is C28H31N3O7. The number of rotatable bonds is 6. The average molecular weight is 522 g/mol. The Balaban J connectivity index is 1.60. The quantitative estimate of drug-likeness (QED) is 0.310. The molecule has 4 atom stereocenters. The minimum atomic E-state index is -2.63. The van der Waals surface area contributed by atoms with Crippen LogP contribution in [0.25, 0.3) is 5.76 Å².